The molecule has 0 bridgehead atoms. The lowest BCUT2D eigenvalue weighted by Crippen LogP contribution is -2.68. The van der Waals surface area contributed by atoms with E-state index in [9.17, 15) is 25.5 Å². The third-order valence-corrected chi connectivity index (χ3v) is 6.41. The Morgan fingerprint density at radius 1 is 0.727 bits per heavy atom. The summed E-state index contributed by atoms with van der Waals surface area (Å²) in [4.78, 5) is 0. The van der Waals surface area contributed by atoms with Crippen molar-refractivity contribution in [1.29, 1.82) is 0 Å². The molecule has 14 atom stereocenters. The van der Waals surface area contributed by atoms with Gasteiger partial charge in [0.05, 0.1) is 30.9 Å². The molecule has 2 heterocycles. The lowest BCUT2D eigenvalue weighted by atomic mass is 9.84. The molecule has 0 amide bonds. The summed E-state index contributed by atoms with van der Waals surface area (Å²) in [6, 6.07) is -3.27. The summed E-state index contributed by atoms with van der Waals surface area (Å²) in [7, 11) is 0. The van der Waals surface area contributed by atoms with Gasteiger partial charge in [-0.15, -0.1) is 0 Å². The van der Waals surface area contributed by atoms with E-state index in [2.05, 4.69) is 0 Å². The standard InChI is InChI=1S/C18H37N5O9.H3N/c19-3-9-8(25)2-7(22)17(29-9)31-15-5(20)1-6(21)16(14(15)28)32-18-13(27)11(23)12(26)10(4-24)30-18;/h5-18,24-28H,1-4,19-23H2;1H3/t5-,6+,7+,8-,9+,10+,11-,12+,13+,14-,15+,16-,17+,18+;/m0./s1. The van der Waals surface area contributed by atoms with Crippen molar-refractivity contribution in [3.05, 3.63) is 0 Å². The molecular formula is C18H40N6O9. The number of hydrogen-bond donors (Lipinski definition) is 11. The average Bonchev–Trinajstić information content (AvgIpc) is 2.75. The molecule has 0 aromatic carbocycles. The van der Waals surface area contributed by atoms with Crippen LogP contribution in [0.15, 0.2) is 0 Å². The van der Waals surface area contributed by atoms with Crippen LogP contribution in [0.5, 0.6) is 0 Å². The highest BCUT2D eigenvalue weighted by Crippen LogP contribution is 2.30. The molecule has 196 valence electrons. The molecular weight excluding hydrogens is 444 g/mol. The summed E-state index contributed by atoms with van der Waals surface area (Å²) in [5, 5.41) is 50.7. The Morgan fingerprint density at radius 2 is 1.27 bits per heavy atom. The summed E-state index contributed by atoms with van der Waals surface area (Å²) in [5.41, 5.74) is 29.8. The highest BCUT2D eigenvalue weighted by molar-refractivity contribution is 5.01. The van der Waals surface area contributed by atoms with Gasteiger partial charge >= 0.3 is 0 Å². The fraction of sp³-hybridized carbons (Fsp3) is 1.00. The van der Waals surface area contributed by atoms with Crippen molar-refractivity contribution in [3.63, 3.8) is 0 Å². The van der Waals surface area contributed by atoms with Crippen molar-refractivity contribution in [2.75, 3.05) is 13.2 Å². The van der Waals surface area contributed by atoms with E-state index in [0.29, 0.717) is 0 Å². The Hall–Kier alpha value is -0.600. The maximum atomic E-state index is 11.0. The van der Waals surface area contributed by atoms with Gasteiger partial charge in [-0.2, -0.15) is 0 Å². The number of aliphatic hydroxyl groups excluding tert-OH is 5. The molecule has 18 N–H and O–H groups in total. The van der Waals surface area contributed by atoms with Gasteiger partial charge in [0.15, 0.2) is 12.6 Å². The topological polar surface area (TPSA) is 303 Å². The van der Waals surface area contributed by atoms with Crippen molar-refractivity contribution in [3.8, 4) is 0 Å². The van der Waals surface area contributed by atoms with E-state index < -0.39 is 92.2 Å². The van der Waals surface area contributed by atoms with E-state index in [0.717, 1.165) is 0 Å². The molecule has 2 aliphatic heterocycles. The molecule has 3 rings (SSSR count). The van der Waals surface area contributed by atoms with E-state index in [1.54, 1.807) is 0 Å². The van der Waals surface area contributed by atoms with Gasteiger partial charge in [0.25, 0.3) is 0 Å². The first-order chi connectivity index (χ1) is 15.1. The summed E-state index contributed by atoms with van der Waals surface area (Å²) in [6.45, 7) is -0.499. The van der Waals surface area contributed by atoms with Crippen LogP contribution < -0.4 is 34.8 Å². The zero-order valence-corrected chi connectivity index (χ0v) is 18.4. The summed E-state index contributed by atoms with van der Waals surface area (Å²) in [5.74, 6) is 0. The first-order valence-electron chi connectivity index (χ1n) is 10.8. The van der Waals surface area contributed by atoms with E-state index in [1.807, 2.05) is 0 Å². The largest absolute Gasteiger partial charge is 0.394 e. The highest BCUT2D eigenvalue weighted by Gasteiger charge is 2.50. The molecule has 3 fully saturated rings. The van der Waals surface area contributed by atoms with Crippen LogP contribution in [0.3, 0.4) is 0 Å². The van der Waals surface area contributed by atoms with Gasteiger partial charge in [0, 0.05) is 18.6 Å². The van der Waals surface area contributed by atoms with Gasteiger partial charge in [-0.25, -0.2) is 0 Å². The van der Waals surface area contributed by atoms with Crippen LogP contribution in [-0.2, 0) is 18.9 Å². The SMILES string of the molecule is N.NC[C@H]1O[C@H](O[C@H]2[C@H](O)[C@@H](O[C@H]3O[C@H](CO)[C@@H](O)[C@H](N)[C@H]3O)[C@H](N)C[C@@H]2N)[C@H](N)C[C@@H]1O. The molecule has 1 aliphatic carbocycles. The number of aliphatic hydroxyl groups is 5. The van der Waals surface area contributed by atoms with Crippen molar-refractivity contribution < 1.29 is 44.5 Å². The average molecular weight is 485 g/mol. The van der Waals surface area contributed by atoms with Crippen molar-refractivity contribution in [2.24, 2.45) is 28.7 Å². The van der Waals surface area contributed by atoms with Gasteiger partial charge in [-0.1, -0.05) is 0 Å². The van der Waals surface area contributed by atoms with Gasteiger partial charge < -0.3 is 79.3 Å². The maximum Gasteiger partial charge on any atom is 0.186 e. The lowest BCUT2D eigenvalue weighted by Gasteiger charge is -2.47. The van der Waals surface area contributed by atoms with Crippen LogP contribution >= 0.6 is 0 Å². The number of hydrogen-bond acceptors (Lipinski definition) is 15. The predicted octanol–water partition coefficient (Wildman–Crippen LogP) is -6.13. The molecule has 15 heteroatoms. The summed E-state index contributed by atoms with van der Waals surface area (Å²) >= 11 is 0. The molecule has 0 radical (unpaired) electrons. The van der Waals surface area contributed by atoms with Gasteiger partial charge in [0.1, 0.15) is 36.6 Å². The van der Waals surface area contributed by atoms with Crippen LogP contribution in [0.2, 0.25) is 0 Å². The molecule has 3 aliphatic rings. The molecule has 0 aromatic heterocycles. The first-order valence-corrected chi connectivity index (χ1v) is 10.8. The van der Waals surface area contributed by atoms with E-state index >= 15 is 0 Å². The second-order valence-electron chi connectivity index (χ2n) is 8.78. The Labute approximate surface area is 191 Å². The van der Waals surface area contributed by atoms with E-state index in [1.165, 1.54) is 0 Å². The molecule has 2 saturated heterocycles. The highest BCUT2D eigenvalue weighted by atomic mass is 16.7. The molecule has 33 heavy (non-hydrogen) atoms. The van der Waals surface area contributed by atoms with E-state index in [4.69, 9.17) is 47.6 Å². The molecule has 0 unspecified atom stereocenters. The third-order valence-electron chi connectivity index (χ3n) is 6.41. The Kier molecular flexibility index (Phi) is 10.3. The van der Waals surface area contributed by atoms with Crippen molar-refractivity contribution in [2.45, 2.75) is 98.4 Å². The normalized spacial score (nSPS) is 51.1. The number of ether oxygens (including phenoxy) is 4. The first kappa shape index (κ1) is 28.6. The second-order valence-corrected chi connectivity index (χ2v) is 8.78. The van der Waals surface area contributed by atoms with Gasteiger partial charge in [-0.05, 0) is 12.8 Å². The number of nitrogens with two attached hydrogens (primary N) is 5. The van der Waals surface area contributed by atoms with Crippen LogP contribution in [0, 0.1) is 0 Å². The molecule has 0 spiro atoms. The minimum absolute atomic E-state index is 0. The van der Waals surface area contributed by atoms with Crippen LogP contribution in [0.4, 0.5) is 0 Å². The fourth-order valence-corrected chi connectivity index (χ4v) is 4.43. The number of rotatable bonds is 6. The monoisotopic (exact) mass is 484 g/mol. The third kappa shape index (κ3) is 5.97. The lowest BCUT2D eigenvalue weighted by molar-refractivity contribution is -0.314. The second kappa shape index (κ2) is 11.9. The zero-order chi connectivity index (χ0) is 23.7. The molecule has 0 aromatic rings. The van der Waals surface area contributed by atoms with Gasteiger partial charge in [-0.3, -0.25) is 0 Å². The maximum absolute atomic E-state index is 11.0. The van der Waals surface area contributed by atoms with Crippen LogP contribution in [-0.4, -0.2) is 124 Å². The molecule has 1 saturated carbocycles. The van der Waals surface area contributed by atoms with E-state index in [-0.39, 0.29) is 25.5 Å². The van der Waals surface area contributed by atoms with Crippen molar-refractivity contribution in [1.82, 2.24) is 6.15 Å². The zero-order valence-electron chi connectivity index (χ0n) is 18.4. The van der Waals surface area contributed by atoms with Gasteiger partial charge in [0.2, 0.25) is 0 Å². The summed E-state index contributed by atoms with van der Waals surface area (Å²) in [6.07, 6.45) is -10.8. The smallest absolute Gasteiger partial charge is 0.186 e. The Bertz CT molecular complexity index is 610. The molecule has 15 nitrogen and oxygen atoms in total. The Balaban J connectivity index is 0.00000385. The van der Waals surface area contributed by atoms with Crippen LogP contribution in [0.25, 0.3) is 0 Å². The minimum Gasteiger partial charge on any atom is -0.394 e. The van der Waals surface area contributed by atoms with Crippen LogP contribution in [0.1, 0.15) is 12.8 Å². The van der Waals surface area contributed by atoms with Crippen molar-refractivity contribution >= 4 is 0 Å². The predicted molar refractivity (Wildman–Crippen MR) is 113 cm³/mol. The summed E-state index contributed by atoms with van der Waals surface area (Å²) < 4.78 is 22.7. The minimum atomic E-state index is -1.44. The fourth-order valence-electron chi connectivity index (χ4n) is 4.43. The quantitative estimate of drug-likeness (QED) is 0.167. The Morgan fingerprint density at radius 3 is 1.82 bits per heavy atom.